The van der Waals surface area contributed by atoms with E-state index in [-0.39, 0.29) is 24.4 Å². The maximum atomic E-state index is 11.9. The van der Waals surface area contributed by atoms with Gasteiger partial charge in [0, 0.05) is 32.3 Å². The van der Waals surface area contributed by atoms with Crippen LogP contribution < -0.4 is 4.72 Å². The highest BCUT2D eigenvalue weighted by Gasteiger charge is 2.38. The van der Waals surface area contributed by atoms with Gasteiger partial charge in [-0.25, -0.2) is 13.1 Å². The van der Waals surface area contributed by atoms with Gasteiger partial charge in [0.05, 0.1) is 12.3 Å². The number of rotatable bonds is 11. The Morgan fingerprint density at radius 1 is 1.36 bits per heavy atom. The van der Waals surface area contributed by atoms with E-state index in [0.717, 1.165) is 6.54 Å². The van der Waals surface area contributed by atoms with Crippen molar-refractivity contribution in [1.82, 2.24) is 9.62 Å². The zero-order valence-electron chi connectivity index (χ0n) is 13.0. The molecule has 7 nitrogen and oxygen atoms in total. The van der Waals surface area contributed by atoms with Gasteiger partial charge in [0.15, 0.2) is 0 Å². The second-order valence-corrected chi connectivity index (χ2v) is 8.25. The molecule has 22 heavy (non-hydrogen) atoms. The zero-order valence-corrected chi connectivity index (χ0v) is 13.8. The standard InChI is InChI=1S/C14H26N2O5S/c1-21-5-2-6-22(19,20)15-12-7-13(8-12)16(10-14(17)18)9-11-3-4-11/h11-13,15H,2-10H2,1H3,(H,17,18). The maximum absolute atomic E-state index is 11.9. The van der Waals surface area contributed by atoms with Gasteiger partial charge in [0.25, 0.3) is 0 Å². The fourth-order valence-electron chi connectivity index (χ4n) is 2.84. The smallest absolute Gasteiger partial charge is 0.317 e. The number of carbonyl (C=O) groups is 1. The molecule has 2 aliphatic rings. The number of methoxy groups -OCH3 is 1. The largest absolute Gasteiger partial charge is 0.480 e. The van der Waals surface area contributed by atoms with Crippen molar-refractivity contribution in [2.24, 2.45) is 5.92 Å². The van der Waals surface area contributed by atoms with Crippen LogP contribution in [0, 0.1) is 5.92 Å². The SMILES string of the molecule is COCCCS(=O)(=O)NC1CC(N(CC(=O)O)CC2CC2)C1. The molecule has 2 rings (SSSR count). The van der Waals surface area contributed by atoms with Gasteiger partial charge < -0.3 is 9.84 Å². The molecule has 0 saturated heterocycles. The van der Waals surface area contributed by atoms with Gasteiger partial charge in [-0.3, -0.25) is 9.69 Å². The van der Waals surface area contributed by atoms with Gasteiger partial charge >= 0.3 is 5.97 Å². The zero-order chi connectivity index (χ0) is 16.2. The molecule has 0 radical (unpaired) electrons. The van der Waals surface area contributed by atoms with Crippen LogP contribution >= 0.6 is 0 Å². The van der Waals surface area contributed by atoms with Crippen LogP contribution in [0.1, 0.15) is 32.1 Å². The third-order valence-electron chi connectivity index (χ3n) is 4.27. The minimum Gasteiger partial charge on any atom is -0.480 e. The minimum atomic E-state index is -3.26. The van der Waals surface area contributed by atoms with Crippen molar-refractivity contribution in [3.05, 3.63) is 0 Å². The van der Waals surface area contributed by atoms with Gasteiger partial charge in [-0.15, -0.1) is 0 Å². The molecular formula is C14H26N2O5S. The van der Waals surface area contributed by atoms with Crippen molar-refractivity contribution in [2.75, 3.05) is 32.6 Å². The Kier molecular flexibility index (Phi) is 6.19. The second-order valence-electron chi connectivity index (χ2n) is 6.37. The lowest BCUT2D eigenvalue weighted by molar-refractivity contribution is -0.139. The number of carboxylic acids is 1. The Hall–Kier alpha value is -0.700. The molecule has 0 aromatic carbocycles. The van der Waals surface area contributed by atoms with E-state index in [1.165, 1.54) is 12.8 Å². The maximum Gasteiger partial charge on any atom is 0.317 e. The molecule has 0 bridgehead atoms. The molecule has 0 aromatic heterocycles. The molecule has 0 spiro atoms. The highest BCUT2D eigenvalue weighted by atomic mass is 32.2. The first-order valence-electron chi connectivity index (χ1n) is 7.84. The van der Waals surface area contributed by atoms with Crippen molar-refractivity contribution in [2.45, 2.75) is 44.2 Å². The average Bonchev–Trinajstić information content (AvgIpc) is 3.16. The topological polar surface area (TPSA) is 95.9 Å². The number of ether oxygens (including phenoxy) is 1. The monoisotopic (exact) mass is 334 g/mol. The van der Waals surface area contributed by atoms with Gasteiger partial charge in [-0.2, -0.15) is 0 Å². The predicted octanol–water partition coefficient (Wildman–Crippen LogP) is 0.270. The van der Waals surface area contributed by atoms with E-state index in [9.17, 15) is 13.2 Å². The van der Waals surface area contributed by atoms with Gasteiger partial charge in [0.2, 0.25) is 10.0 Å². The predicted molar refractivity (Wildman–Crippen MR) is 82.2 cm³/mol. The Balaban J connectivity index is 1.73. The molecule has 0 aromatic rings. The van der Waals surface area contributed by atoms with Crippen molar-refractivity contribution in [3.63, 3.8) is 0 Å². The molecule has 2 N–H and O–H groups in total. The minimum absolute atomic E-state index is 0.0501. The Morgan fingerprint density at radius 2 is 2.05 bits per heavy atom. The van der Waals surface area contributed by atoms with Crippen molar-refractivity contribution in [3.8, 4) is 0 Å². The summed E-state index contributed by atoms with van der Waals surface area (Å²) in [6, 6.07) is 0.122. The van der Waals surface area contributed by atoms with E-state index in [1.807, 2.05) is 4.90 Å². The summed E-state index contributed by atoms with van der Waals surface area (Å²) in [7, 11) is -1.71. The second kappa shape index (κ2) is 7.72. The Morgan fingerprint density at radius 3 is 2.59 bits per heavy atom. The van der Waals surface area contributed by atoms with E-state index < -0.39 is 16.0 Å². The van der Waals surface area contributed by atoms with Crippen LogP contribution in [0.3, 0.4) is 0 Å². The number of hydrogen-bond donors (Lipinski definition) is 2. The third-order valence-corrected chi connectivity index (χ3v) is 5.78. The molecule has 0 aliphatic heterocycles. The first-order valence-corrected chi connectivity index (χ1v) is 9.49. The summed E-state index contributed by atoms with van der Waals surface area (Å²) in [5.74, 6) is -0.114. The molecule has 0 amide bonds. The highest BCUT2D eigenvalue weighted by molar-refractivity contribution is 7.89. The van der Waals surface area contributed by atoms with Crippen LogP contribution in [-0.4, -0.2) is 69.0 Å². The lowest BCUT2D eigenvalue weighted by atomic mass is 9.86. The summed E-state index contributed by atoms with van der Waals surface area (Å²) in [5, 5.41) is 8.99. The van der Waals surface area contributed by atoms with E-state index in [0.29, 0.717) is 31.8 Å². The number of hydrogen-bond acceptors (Lipinski definition) is 5. The summed E-state index contributed by atoms with van der Waals surface area (Å²) in [4.78, 5) is 12.9. The number of nitrogens with zero attached hydrogens (tertiary/aromatic N) is 1. The molecular weight excluding hydrogens is 308 g/mol. The van der Waals surface area contributed by atoms with Gasteiger partial charge in [0.1, 0.15) is 0 Å². The van der Waals surface area contributed by atoms with Gasteiger partial charge in [-0.1, -0.05) is 0 Å². The molecule has 2 aliphatic carbocycles. The van der Waals surface area contributed by atoms with Crippen molar-refractivity contribution < 1.29 is 23.1 Å². The molecule has 128 valence electrons. The molecule has 0 atom stereocenters. The van der Waals surface area contributed by atoms with Crippen LogP contribution in [0.2, 0.25) is 0 Å². The van der Waals surface area contributed by atoms with Crippen molar-refractivity contribution >= 4 is 16.0 Å². The fourth-order valence-corrected chi connectivity index (χ4v) is 4.15. The summed E-state index contributed by atoms with van der Waals surface area (Å²) in [5.41, 5.74) is 0. The number of nitrogens with one attached hydrogen (secondary N) is 1. The molecule has 2 saturated carbocycles. The first kappa shape index (κ1) is 17.7. The quantitative estimate of drug-likeness (QED) is 0.527. The van der Waals surface area contributed by atoms with E-state index in [1.54, 1.807) is 7.11 Å². The number of sulfonamides is 1. The lowest BCUT2D eigenvalue weighted by Crippen LogP contribution is -2.55. The lowest BCUT2D eigenvalue weighted by Gasteiger charge is -2.42. The van der Waals surface area contributed by atoms with Crippen molar-refractivity contribution in [1.29, 1.82) is 0 Å². The first-order chi connectivity index (χ1) is 10.4. The number of carboxylic acid groups (broad SMARTS) is 1. The van der Waals surface area contributed by atoms with Crippen LogP contribution in [0.15, 0.2) is 0 Å². The Labute approximate surface area is 132 Å². The molecule has 0 unspecified atom stereocenters. The van der Waals surface area contributed by atoms with Crippen LogP contribution in [-0.2, 0) is 19.6 Å². The van der Waals surface area contributed by atoms with Gasteiger partial charge in [-0.05, 0) is 38.0 Å². The fraction of sp³-hybridized carbons (Fsp3) is 0.929. The molecule has 0 heterocycles. The summed E-state index contributed by atoms with van der Waals surface area (Å²) >= 11 is 0. The third kappa shape index (κ3) is 5.83. The average molecular weight is 334 g/mol. The summed E-state index contributed by atoms with van der Waals surface area (Å²) in [6.45, 7) is 1.31. The molecule has 8 heteroatoms. The van der Waals surface area contributed by atoms with E-state index >= 15 is 0 Å². The summed E-state index contributed by atoms with van der Waals surface area (Å²) < 4.78 is 31.3. The van der Waals surface area contributed by atoms with E-state index in [4.69, 9.17) is 9.84 Å². The highest BCUT2D eigenvalue weighted by Crippen LogP contribution is 2.33. The summed E-state index contributed by atoms with van der Waals surface area (Å²) in [6.07, 6.45) is 4.23. The van der Waals surface area contributed by atoms with Crippen LogP contribution in [0.5, 0.6) is 0 Å². The van der Waals surface area contributed by atoms with Crippen LogP contribution in [0.25, 0.3) is 0 Å². The van der Waals surface area contributed by atoms with Crippen LogP contribution in [0.4, 0.5) is 0 Å². The number of aliphatic carboxylic acids is 1. The Bertz CT molecular complexity index is 472. The normalized spacial score (nSPS) is 25.2. The molecule has 2 fully saturated rings. The van der Waals surface area contributed by atoms with E-state index in [2.05, 4.69) is 4.72 Å².